The molecule has 162 valence electrons. The van der Waals surface area contributed by atoms with E-state index in [-0.39, 0.29) is 23.7 Å². The third-order valence-electron chi connectivity index (χ3n) is 4.39. The highest BCUT2D eigenvalue weighted by atomic mass is 35.5. The molecule has 2 aromatic carbocycles. The molecule has 0 aromatic heterocycles. The number of anilines is 1. The minimum absolute atomic E-state index is 0.123. The van der Waals surface area contributed by atoms with Crippen molar-refractivity contribution in [3.05, 3.63) is 58.6 Å². The van der Waals surface area contributed by atoms with Gasteiger partial charge in [-0.25, -0.2) is 9.80 Å². The largest absolute Gasteiger partial charge is 0.493 e. The van der Waals surface area contributed by atoms with Crippen molar-refractivity contribution in [3.8, 4) is 11.5 Å². The summed E-state index contributed by atoms with van der Waals surface area (Å²) in [5.41, 5.74) is 3.22. The third-order valence-corrected chi connectivity index (χ3v) is 4.61. The predicted octanol–water partition coefficient (Wildman–Crippen LogP) is 3.14. The molecule has 1 heterocycles. The smallest absolute Gasteiger partial charge is 0.347 e. The number of nitrogens with zero attached hydrogens (tertiary/aromatic N) is 1. The van der Waals surface area contributed by atoms with Gasteiger partial charge in [0.05, 0.1) is 19.4 Å². The van der Waals surface area contributed by atoms with Crippen molar-refractivity contribution in [1.82, 2.24) is 5.43 Å². The van der Waals surface area contributed by atoms with E-state index in [9.17, 15) is 14.4 Å². The SMILES string of the molecule is CCOC(=O)[C@@H](C)Oc1c(/C=C2\C(=O)NN(c3ccccc3)C2=O)cc(Cl)cc1OC. The molecule has 1 aliphatic heterocycles. The molecule has 0 radical (unpaired) electrons. The van der Waals surface area contributed by atoms with Gasteiger partial charge >= 0.3 is 5.97 Å². The van der Waals surface area contributed by atoms with Crippen LogP contribution in [0.3, 0.4) is 0 Å². The molecule has 31 heavy (non-hydrogen) atoms. The first kappa shape index (κ1) is 22.2. The van der Waals surface area contributed by atoms with Crippen LogP contribution in [0.4, 0.5) is 5.69 Å². The molecule has 0 bridgehead atoms. The molecular formula is C22H21ClN2O6. The topological polar surface area (TPSA) is 94.2 Å². The van der Waals surface area contributed by atoms with E-state index in [1.54, 1.807) is 37.3 Å². The number of amides is 2. The average Bonchev–Trinajstić information content (AvgIpc) is 3.04. The molecule has 9 heteroatoms. The average molecular weight is 445 g/mol. The van der Waals surface area contributed by atoms with Crippen molar-refractivity contribution in [2.45, 2.75) is 20.0 Å². The Bertz CT molecular complexity index is 1040. The van der Waals surface area contributed by atoms with Gasteiger partial charge in [0.15, 0.2) is 17.6 Å². The van der Waals surface area contributed by atoms with E-state index in [4.69, 9.17) is 25.8 Å². The van der Waals surface area contributed by atoms with Crippen LogP contribution in [0.5, 0.6) is 11.5 Å². The van der Waals surface area contributed by atoms with Crippen LogP contribution in [0.15, 0.2) is 48.0 Å². The maximum atomic E-state index is 12.9. The highest BCUT2D eigenvalue weighted by Crippen LogP contribution is 2.37. The molecule has 0 spiro atoms. The third kappa shape index (κ3) is 4.80. The van der Waals surface area contributed by atoms with Crippen LogP contribution in [0.2, 0.25) is 5.02 Å². The van der Waals surface area contributed by atoms with Crippen LogP contribution in [0.1, 0.15) is 19.4 Å². The summed E-state index contributed by atoms with van der Waals surface area (Å²) in [5.74, 6) is -1.31. The monoisotopic (exact) mass is 444 g/mol. The van der Waals surface area contributed by atoms with E-state index in [1.165, 1.54) is 32.2 Å². The summed E-state index contributed by atoms with van der Waals surface area (Å²) in [7, 11) is 1.41. The van der Waals surface area contributed by atoms with Crippen molar-refractivity contribution in [1.29, 1.82) is 0 Å². The summed E-state index contributed by atoms with van der Waals surface area (Å²) >= 11 is 6.18. The van der Waals surface area contributed by atoms with E-state index in [0.29, 0.717) is 16.3 Å². The second-order valence-corrected chi connectivity index (χ2v) is 6.95. The molecule has 0 aliphatic carbocycles. The second kappa shape index (κ2) is 9.53. The summed E-state index contributed by atoms with van der Waals surface area (Å²) < 4.78 is 16.1. The fourth-order valence-electron chi connectivity index (χ4n) is 2.93. The molecule has 0 saturated carbocycles. The second-order valence-electron chi connectivity index (χ2n) is 6.51. The van der Waals surface area contributed by atoms with Gasteiger partial charge < -0.3 is 14.2 Å². The van der Waals surface area contributed by atoms with E-state index < -0.39 is 23.9 Å². The molecule has 1 saturated heterocycles. The number of hydrogen-bond acceptors (Lipinski definition) is 6. The lowest BCUT2D eigenvalue weighted by atomic mass is 10.1. The quantitative estimate of drug-likeness (QED) is 0.400. The van der Waals surface area contributed by atoms with E-state index in [0.717, 1.165) is 5.01 Å². The molecule has 8 nitrogen and oxygen atoms in total. The van der Waals surface area contributed by atoms with Crippen molar-refractivity contribution < 1.29 is 28.6 Å². The number of nitrogens with one attached hydrogen (secondary N) is 1. The van der Waals surface area contributed by atoms with Gasteiger partial charge in [0, 0.05) is 16.7 Å². The van der Waals surface area contributed by atoms with Crippen LogP contribution >= 0.6 is 11.6 Å². The molecule has 1 atom stereocenters. The minimum Gasteiger partial charge on any atom is -0.493 e. The fourth-order valence-corrected chi connectivity index (χ4v) is 3.15. The number of carbonyl (C=O) groups is 3. The Morgan fingerprint density at radius 2 is 1.94 bits per heavy atom. The highest BCUT2D eigenvalue weighted by Gasteiger charge is 2.35. The van der Waals surface area contributed by atoms with Gasteiger partial charge in [-0.05, 0) is 38.1 Å². The number of hydrogen-bond donors (Lipinski definition) is 1. The van der Waals surface area contributed by atoms with Crippen LogP contribution < -0.4 is 19.9 Å². The Labute approximate surface area is 184 Å². The first-order chi connectivity index (χ1) is 14.8. The highest BCUT2D eigenvalue weighted by molar-refractivity contribution is 6.32. The standard InChI is InChI=1S/C22H21ClN2O6/c1-4-30-22(28)13(2)31-19-14(10-15(23)12-18(19)29-3)11-17-20(26)24-25(21(17)27)16-8-6-5-7-9-16/h5-13H,4H2,1-3H3,(H,24,26)/b17-11+/t13-/m1/s1. The van der Waals surface area contributed by atoms with Gasteiger partial charge in [0.25, 0.3) is 11.8 Å². The Balaban J connectivity index is 2.01. The number of benzene rings is 2. The van der Waals surface area contributed by atoms with E-state index in [2.05, 4.69) is 5.43 Å². The predicted molar refractivity (Wildman–Crippen MR) is 115 cm³/mol. The van der Waals surface area contributed by atoms with Crippen molar-refractivity contribution in [3.63, 3.8) is 0 Å². The molecule has 0 unspecified atom stereocenters. The lowest BCUT2D eigenvalue weighted by molar-refractivity contribution is -0.150. The van der Waals surface area contributed by atoms with Gasteiger partial charge in [0.1, 0.15) is 5.57 Å². The number of halogens is 1. The molecular weight excluding hydrogens is 424 g/mol. The number of hydrazine groups is 1. The molecule has 1 fully saturated rings. The summed E-state index contributed by atoms with van der Waals surface area (Å²) in [6.45, 7) is 3.41. The Morgan fingerprint density at radius 1 is 1.23 bits per heavy atom. The zero-order chi connectivity index (χ0) is 22.5. The van der Waals surface area contributed by atoms with Crippen LogP contribution in [0, 0.1) is 0 Å². The van der Waals surface area contributed by atoms with Crippen LogP contribution in [0.25, 0.3) is 6.08 Å². The fraction of sp³-hybridized carbons (Fsp3) is 0.227. The first-order valence-electron chi connectivity index (χ1n) is 9.48. The molecule has 2 amide bonds. The number of carbonyl (C=O) groups excluding carboxylic acids is 3. The minimum atomic E-state index is -0.957. The Kier molecular flexibility index (Phi) is 6.81. The summed E-state index contributed by atoms with van der Waals surface area (Å²) in [5, 5.41) is 1.45. The lowest BCUT2D eigenvalue weighted by Gasteiger charge is -2.18. The summed E-state index contributed by atoms with van der Waals surface area (Å²) in [6.07, 6.45) is 0.392. The zero-order valence-electron chi connectivity index (χ0n) is 17.2. The first-order valence-corrected chi connectivity index (χ1v) is 9.86. The van der Waals surface area contributed by atoms with Crippen LogP contribution in [-0.2, 0) is 19.1 Å². The van der Waals surface area contributed by atoms with Gasteiger partial charge in [-0.2, -0.15) is 0 Å². The van der Waals surface area contributed by atoms with Crippen molar-refractivity contribution in [2.24, 2.45) is 0 Å². The Morgan fingerprint density at radius 3 is 2.58 bits per heavy atom. The Hall–Kier alpha value is -3.52. The van der Waals surface area contributed by atoms with Crippen molar-refractivity contribution in [2.75, 3.05) is 18.7 Å². The lowest BCUT2D eigenvalue weighted by Crippen LogP contribution is -2.35. The number of methoxy groups -OCH3 is 1. The van der Waals surface area contributed by atoms with Gasteiger partial charge in [-0.1, -0.05) is 29.8 Å². The van der Waals surface area contributed by atoms with Crippen molar-refractivity contribution >= 4 is 41.1 Å². The maximum absolute atomic E-state index is 12.9. The summed E-state index contributed by atoms with van der Waals surface area (Å²) in [4.78, 5) is 37.4. The molecule has 1 N–H and O–H groups in total. The number of rotatable bonds is 7. The van der Waals surface area contributed by atoms with E-state index in [1.807, 2.05) is 0 Å². The van der Waals surface area contributed by atoms with Gasteiger partial charge in [-0.3, -0.25) is 15.0 Å². The number of ether oxygens (including phenoxy) is 3. The van der Waals surface area contributed by atoms with Gasteiger partial charge in [-0.15, -0.1) is 0 Å². The molecule has 3 rings (SSSR count). The maximum Gasteiger partial charge on any atom is 0.347 e. The van der Waals surface area contributed by atoms with Crippen LogP contribution in [-0.4, -0.2) is 37.6 Å². The van der Waals surface area contributed by atoms with Gasteiger partial charge in [0.2, 0.25) is 0 Å². The van der Waals surface area contributed by atoms with E-state index >= 15 is 0 Å². The molecule has 1 aliphatic rings. The molecule has 2 aromatic rings. The number of para-hydroxylation sites is 1. The zero-order valence-corrected chi connectivity index (χ0v) is 17.9. The summed E-state index contributed by atoms with van der Waals surface area (Å²) in [6, 6.07) is 11.7. The normalized spacial score (nSPS) is 15.6. The number of esters is 1.